The van der Waals surface area contributed by atoms with Gasteiger partial charge >= 0.3 is 0 Å². The van der Waals surface area contributed by atoms with Crippen molar-refractivity contribution < 1.29 is 9.59 Å². The van der Waals surface area contributed by atoms with E-state index in [-0.39, 0.29) is 5.91 Å². The number of rotatable bonds is 11. The number of hydrogen-bond donors (Lipinski definition) is 1. The fraction of sp³-hybridized carbons (Fsp3) is 0.394. The maximum Gasteiger partial charge on any atom is 0.232 e. The molecule has 1 amide bonds. The molecule has 1 N–H and O–H groups in total. The maximum atomic E-state index is 13.3. The number of nitrogens with zero attached hydrogens (tertiary/aromatic N) is 1. The number of Topliss-reactive ketones (excluding diaryl/α,β-unsaturated/α-hetero) is 1. The van der Waals surface area contributed by atoms with Crippen LogP contribution in [-0.4, -0.2) is 42.8 Å². The van der Waals surface area contributed by atoms with Crippen molar-refractivity contribution in [3.8, 4) is 0 Å². The predicted octanol–water partition coefficient (Wildman–Crippen LogP) is 7.03. The Bertz CT molecular complexity index is 1220. The largest absolute Gasteiger partial charge is 0.355 e. The molecular weight excluding hydrogens is 527 g/mol. The van der Waals surface area contributed by atoms with Crippen LogP contribution in [0.5, 0.6) is 0 Å². The van der Waals surface area contributed by atoms with Gasteiger partial charge in [-0.1, -0.05) is 71.7 Å². The fourth-order valence-electron chi connectivity index (χ4n) is 5.62. The molecule has 0 unspecified atom stereocenters. The van der Waals surface area contributed by atoms with E-state index in [1.165, 1.54) is 5.56 Å². The third-order valence-electron chi connectivity index (χ3n) is 8.04. The number of halogens is 2. The Kier molecular flexibility index (Phi) is 9.39. The summed E-state index contributed by atoms with van der Waals surface area (Å²) in [5.41, 5.74) is 4.35. The van der Waals surface area contributed by atoms with Gasteiger partial charge in [-0.05, 0) is 104 Å². The molecule has 0 atom stereocenters. The molecule has 5 rings (SSSR count). The van der Waals surface area contributed by atoms with E-state index in [4.69, 9.17) is 23.2 Å². The van der Waals surface area contributed by atoms with E-state index >= 15 is 0 Å². The van der Waals surface area contributed by atoms with Gasteiger partial charge in [-0.25, -0.2) is 0 Å². The zero-order valence-corrected chi connectivity index (χ0v) is 23.8. The second kappa shape index (κ2) is 13.1. The van der Waals surface area contributed by atoms with Crippen LogP contribution in [0.15, 0.2) is 72.8 Å². The SMILES string of the molecule is O=C(Cc1cccc(C2CCN(CCCNC(=O)C(c3ccc(Cl)cc3)c3ccc(Cl)cc3)CC2)c1)C1CC1. The van der Waals surface area contributed by atoms with Gasteiger partial charge in [0.25, 0.3) is 0 Å². The average Bonchev–Trinajstić information content (AvgIpc) is 3.80. The number of likely N-dealkylation sites (tertiary alicyclic amines) is 1. The minimum absolute atomic E-state index is 0.0154. The maximum absolute atomic E-state index is 13.3. The van der Waals surface area contributed by atoms with Gasteiger partial charge in [0.1, 0.15) is 5.78 Å². The van der Waals surface area contributed by atoms with Gasteiger partial charge in [-0.15, -0.1) is 0 Å². The number of piperidine rings is 1. The minimum atomic E-state index is -0.411. The molecule has 204 valence electrons. The third-order valence-corrected chi connectivity index (χ3v) is 8.54. The standard InChI is InChI=1S/C33H36Cl2N2O2/c34-29-11-7-26(8-12-29)32(27-9-13-30(35)14-10-27)33(39)36-17-2-18-37-19-15-24(16-20-37)28-4-1-3-23(21-28)22-31(38)25-5-6-25/h1,3-4,7-14,21,24-25,32H,2,5-6,15-20,22H2,(H,36,39). The highest BCUT2D eigenvalue weighted by Gasteiger charge is 2.29. The van der Waals surface area contributed by atoms with E-state index in [0.29, 0.717) is 40.6 Å². The van der Waals surface area contributed by atoms with E-state index in [1.54, 1.807) is 0 Å². The first-order valence-electron chi connectivity index (χ1n) is 14.1. The summed E-state index contributed by atoms with van der Waals surface area (Å²) in [5.74, 6) is 0.851. The highest BCUT2D eigenvalue weighted by molar-refractivity contribution is 6.30. The van der Waals surface area contributed by atoms with Gasteiger partial charge in [0, 0.05) is 28.9 Å². The van der Waals surface area contributed by atoms with Crippen molar-refractivity contribution >= 4 is 34.9 Å². The topological polar surface area (TPSA) is 49.4 Å². The van der Waals surface area contributed by atoms with Crippen LogP contribution in [0.2, 0.25) is 10.0 Å². The van der Waals surface area contributed by atoms with Crippen molar-refractivity contribution in [1.29, 1.82) is 0 Å². The number of nitrogens with one attached hydrogen (secondary N) is 1. The second-order valence-electron chi connectivity index (χ2n) is 11.0. The summed E-state index contributed by atoms with van der Waals surface area (Å²) in [6.07, 6.45) is 5.89. The van der Waals surface area contributed by atoms with Gasteiger partial charge in [0.15, 0.2) is 0 Å². The van der Waals surface area contributed by atoms with Gasteiger partial charge in [0.05, 0.1) is 5.92 Å². The van der Waals surface area contributed by atoms with E-state index in [2.05, 4.69) is 34.5 Å². The average molecular weight is 564 g/mol. The molecule has 0 bridgehead atoms. The molecule has 2 aliphatic rings. The first-order chi connectivity index (χ1) is 19.0. The molecule has 1 heterocycles. The van der Waals surface area contributed by atoms with Crippen LogP contribution < -0.4 is 5.32 Å². The smallest absolute Gasteiger partial charge is 0.232 e. The highest BCUT2D eigenvalue weighted by Crippen LogP contribution is 2.32. The lowest BCUT2D eigenvalue weighted by atomic mass is 9.88. The molecule has 3 aromatic carbocycles. The van der Waals surface area contributed by atoms with Crippen LogP contribution in [0.1, 0.15) is 66.2 Å². The summed E-state index contributed by atoms with van der Waals surface area (Å²) >= 11 is 12.2. The lowest BCUT2D eigenvalue weighted by Crippen LogP contribution is -2.36. The van der Waals surface area contributed by atoms with Crippen molar-refractivity contribution in [3.63, 3.8) is 0 Å². The molecule has 1 saturated carbocycles. The van der Waals surface area contributed by atoms with Crippen molar-refractivity contribution in [2.75, 3.05) is 26.2 Å². The number of carbonyl (C=O) groups excluding carboxylic acids is 2. The first-order valence-corrected chi connectivity index (χ1v) is 14.8. The third kappa shape index (κ3) is 7.72. The molecule has 3 aromatic rings. The van der Waals surface area contributed by atoms with E-state index in [1.807, 2.05) is 48.5 Å². The van der Waals surface area contributed by atoms with Crippen molar-refractivity contribution in [3.05, 3.63) is 105 Å². The number of ketones is 1. The molecule has 0 aromatic heterocycles. The van der Waals surface area contributed by atoms with Crippen LogP contribution in [-0.2, 0) is 16.0 Å². The molecule has 39 heavy (non-hydrogen) atoms. The lowest BCUT2D eigenvalue weighted by Gasteiger charge is -2.32. The molecule has 0 spiro atoms. The van der Waals surface area contributed by atoms with Crippen molar-refractivity contribution in [2.24, 2.45) is 5.92 Å². The van der Waals surface area contributed by atoms with Crippen LogP contribution in [0, 0.1) is 5.92 Å². The summed E-state index contributed by atoms with van der Waals surface area (Å²) in [7, 11) is 0. The monoisotopic (exact) mass is 562 g/mol. The van der Waals surface area contributed by atoms with E-state index in [9.17, 15) is 9.59 Å². The number of carbonyl (C=O) groups is 2. The molecule has 0 radical (unpaired) electrons. The molecule has 4 nitrogen and oxygen atoms in total. The second-order valence-corrected chi connectivity index (χ2v) is 11.8. The Morgan fingerprint density at radius 2 is 1.46 bits per heavy atom. The summed E-state index contributed by atoms with van der Waals surface area (Å²) in [6.45, 7) is 3.72. The van der Waals surface area contributed by atoms with Crippen LogP contribution in [0.3, 0.4) is 0 Å². The van der Waals surface area contributed by atoms with E-state index in [0.717, 1.165) is 68.4 Å². The van der Waals surface area contributed by atoms with Gasteiger partial charge < -0.3 is 10.2 Å². The van der Waals surface area contributed by atoms with E-state index < -0.39 is 5.92 Å². The molecular formula is C33H36Cl2N2O2. The predicted molar refractivity (Wildman–Crippen MR) is 159 cm³/mol. The quantitative estimate of drug-likeness (QED) is 0.255. The zero-order chi connectivity index (χ0) is 27.2. The van der Waals surface area contributed by atoms with Crippen LogP contribution in [0.4, 0.5) is 0 Å². The molecule has 1 aliphatic heterocycles. The normalized spacial score (nSPS) is 16.4. The summed E-state index contributed by atoms with van der Waals surface area (Å²) in [6, 6.07) is 23.6. The van der Waals surface area contributed by atoms with Crippen LogP contribution in [0.25, 0.3) is 0 Å². The van der Waals surface area contributed by atoms with Gasteiger partial charge in [-0.3, -0.25) is 9.59 Å². The summed E-state index contributed by atoms with van der Waals surface area (Å²) in [4.78, 5) is 28.0. The van der Waals surface area contributed by atoms with Crippen molar-refractivity contribution in [1.82, 2.24) is 10.2 Å². The lowest BCUT2D eigenvalue weighted by molar-refractivity contribution is -0.122. The molecule has 1 saturated heterocycles. The van der Waals surface area contributed by atoms with Gasteiger partial charge in [-0.2, -0.15) is 0 Å². The Morgan fingerprint density at radius 1 is 0.846 bits per heavy atom. The number of benzene rings is 3. The first kappa shape index (κ1) is 27.9. The Hall–Kier alpha value is -2.66. The summed E-state index contributed by atoms with van der Waals surface area (Å²) in [5, 5.41) is 4.45. The number of hydrogen-bond acceptors (Lipinski definition) is 3. The summed E-state index contributed by atoms with van der Waals surface area (Å²) < 4.78 is 0. The Labute approximate surface area is 241 Å². The van der Waals surface area contributed by atoms with Crippen LogP contribution >= 0.6 is 23.2 Å². The minimum Gasteiger partial charge on any atom is -0.355 e. The molecule has 1 aliphatic carbocycles. The number of amides is 1. The molecule has 6 heteroatoms. The van der Waals surface area contributed by atoms with Gasteiger partial charge in [0.2, 0.25) is 5.91 Å². The molecule has 2 fully saturated rings. The Morgan fingerprint density at radius 3 is 2.05 bits per heavy atom. The fourth-order valence-corrected chi connectivity index (χ4v) is 5.87. The highest BCUT2D eigenvalue weighted by atomic mass is 35.5. The Balaban J connectivity index is 1.08. The van der Waals surface area contributed by atoms with Crippen molar-refractivity contribution in [2.45, 2.75) is 50.4 Å². The zero-order valence-electron chi connectivity index (χ0n) is 22.3.